The first-order chi connectivity index (χ1) is 5.54. The Morgan fingerprint density at radius 3 is 1.50 bits per heavy atom. The standard InChI is InChI=1S/C10H23NO/c1-6-10(7-2,8-3)9(12)11(4)5/h9,12H,6-8H2,1-5H3. The largest absolute Gasteiger partial charge is 0.378 e. The fourth-order valence-corrected chi connectivity index (χ4v) is 1.85. The molecule has 0 aromatic rings. The molecule has 2 nitrogen and oxygen atoms in total. The van der Waals surface area contributed by atoms with Gasteiger partial charge in [-0.25, -0.2) is 0 Å². The number of rotatable bonds is 5. The number of aliphatic hydroxyl groups is 1. The molecule has 1 unspecified atom stereocenters. The Labute approximate surface area is 76.6 Å². The maximum atomic E-state index is 9.96. The zero-order valence-electron chi connectivity index (χ0n) is 9.09. The highest BCUT2D eigenvalue weighted by molar-refractivity contribution is 4.81. The Kier molecular flexibility index (Phi) is 4.80. The predicted octanol–water partition coefficient (Wildman–Crippen LogP) is 2.08. The molecule has 0 aliphatic rings. The van der Waals surface area contributed by atoms with E-state index in [1.54, 1.807) is 0 Å². The third-order valence-electron chi connectivity index (χ3n) is 3.15. The average Bonchev–Trinajstić information content (AvgIpc) is 2.08. The molecule has 0 rings (SSSR count). The lowest BCUT2D eigenvalue weighted by Gasteiger charge is -2.39. The van der Waals surface area contributed by atoms with Crippen molar-refractivity contribution >= 4 is 0 Å². The van der Waals surface area contributed by atoms with Crippen LogP contribution in [0.2, 0.25) is 0 Å². The van der Waals surface area contributed by atoms with Crippen molar-refractivity contribution in [1.82, 2.24) is 4.90 Å². The fourth-order valence-electron chi connectivity index (χ4n) is 1.85. The van der Waals surface area contributed by atoms with E-state index in [4.69, 9.17) is 0 Å². The van der Waals surface area contributed by atoms with E-state index in [0.717, 1.165) is 19.3 Å². The molecule has 0 spiro atoms. The van der Waals surface area contributed by atoms with Crippen molar-refractivity contribution in [2.45, 2.75) is 46.3 Å². The van der Waals surface area contributed by atoms with Crippen LogP contribution in [-0.4, -0.2) is 30.3 Å². The van der Waals surface area contributed by atoms with E-state index in [-0.39, 0.29) is 11.6 Å². The van der Waals surface area contributed by atoms with Crippen LogP contribution in [0.3, 0.4) is 0 Å². The molecule has 0 aromatic heterocycles. The maximum Gasteiger partial charge on any atom is 0.112 e. The molecule has 2 heteroatoms. The Hall–Kier alpha value is -0.0800. The summed E-state index contributed by atoms with van der Waals surface area (Å²) >= 11 is 0. The number of hydrogen-bond donors (Lipinski definition) is 1. The zero-order chi connectivity index (χ0) is 9.78. The van der Waals surface area contributed by atoms with Gasteiger partial charge < -0.3 is 5.11 Å². The van der Waals surface area contributed by atoms with E-state index in [1.165, 1.54) is 0 Å². The number of hydrogen-bond acceptors (Lipinski definition) is 2. The highest BCUT2D eigenvalue weighted by Gasteiger charge is 2.33. The first-order valence-electron chi connectivity index (χ1n) is 4.88. The Morgan fingerprint density at radius 1 is 1.08 bits per heavy atom. The van der Waals surface area contributed by atoms with Gasteiger partial charge in [0.25, 0.3) is 0 Å². The van der Waals surface area contributed by atoms with Crippen LogP contribution in [0, 0.1) is 5.41 Å². The highest BCUT2D eigenvalue weighted by atomic mass is 16.3. The number of aliphatic hydroxyl groups excluding tert-OH is 1. The van der Waals surface area contributed by atoms with Gasteiger partial charge in [-0.05, 0) is 33.4 Å². The van der Waals surface area contributed by atoms with Gasteiger partial charge >= 0.3 is 0 Å². The molecule has 0 aliphatic heterocycles. The molecule has 1 atom stereocenters. The van der Waals surface area contributed by atoms with E-state index in [2.05, 4.69) is 20.8 Å². The molecule has 0 aromatic carbocycles. The Bertz CT molecular complexity index is 111. The average molecular weight is 173 g/mol. The van der Waals surface area contributed by atoms with Gasteiger partial charge in [-0.1, -0.05) is 20.8 Å². The molecule has 0 radical (unpaired) electrons. The van der Waals surface area contributed by atoms with Crippen molar-refractivity contribution in [1.29, 1.82) is 0 Å². The molecule has 0 saturated heterocycles. The summed E-state index contributed by atoms with van der Waals surface area (Å²) in [6.07, 6.45) is 2.82. The van der Waals surface area contributed by atoms with Crippen LogP contribution in [0.1, 0.15) is 40.0 Å². The van der Waals surface area contributed by atoms with Crippen molar-refractivity contribution in [3.05, 3.63) is 0 Å². The minimum absolute atomic E-state index is 0.0868. The van der Waals surface area contributed by atoms with Crippen LogP contribution in [0.5, 0.6) is 0 Å². The SMILES string of the molecule is CCC(CC)(CC)C(O)N(C)C. The molecule has 0 saturated carbocycles. The zero-order valence-corrected chi connectivity index (χ0v) is 9.09. The van der Waals surface area contributed by atoms with Gasteiger partial charge in [0.1, 0.15) is 6.23 Å². The summed E-state index contributed by atoms with van der Waals surface area (Å²) in [7, 11) is 3.86. The van der Waals surface area contributed by atoms with Crippen molar-refractivity contribution in [2.24, 2.45) is 5.41 Å². The van der Waals surface area contributed by atoms with Gasteiger partial charge in [0.05, 0.1) is 0 Å². The summed E-state index contributed by atoms with van der Waals surface area (Å²) < 4.78 is 0. The third kappa shape index (κ3) is 2.20. The summed E-state index contributed by atoms with van der Waals surface area (Å²) in [5, 5.41) is 9.96. The Morgan fingerprint density at radius 2 is 1.42 bits per heavy atom. The maximum absolute atomic E-state index is 9.96. The molecule has 0 heterocycles. The predicted molar refractivity (Wildman–Crippen MR) is 53.0 cm³/mol. The van der Waals surface area contributed by atoms with Crippen molar-refractivity contribution in [3.8, 4) is 0 Å². The first kappa shape index (κ1) is 11.9. The minimum Gasteiger partial charge on any atom is -0.378 e. The summed E-state index contributed by atoms with van der Waals surface area (Å²) in [6.45, 7) is 6.46. The lowest BCUT2D eigenvalue weighted by molar-refractivity contribution is -0.0770. The normalized spacial score (nSPS) is 15.2. The van der Waals surface area contributed by atoms with Crippen LogP contribution in [0.4, 0.5) is 0 Å². The summed E-state index contributed by atoms with van der Waals surface area (Å²) in [5.74, 6) is 0. The van der Waals surface area contributed by atoms with Gasteiger partial charge in [0.15, 0.2) is 0 Å². The van der Waals surface area contributed by atoms with E-state index in [0.29, 0.717) is 0 Å². The second kappa shape index (κ2) is 4.83. The van der Waals surface area contributed by atoms with Crippen molar-refractivity contribution < 1.29 is 5.11 Å². The van der Waals surface area contributed by atoms with Crippen LogP contribution in [0.25, 0.3) is 0 Å². The molecule has 0 bridgehead atoms. The monoisotopic (exact) mass is 173 g/mol. The third-order valence-corrected chi connectivity index (χ3v) is 3.15. The molecule has 1 N–H and O–H groups in total. The van der Waals surface area contributed by atoms with Gasteiger partial charge in [0, 0.05) is 5.41 Å². The molecule has 0 fully saturated rings. The topological polar surface area (TPSA) is 23.5 Å². The van der Waals surface area contributed by atoms with Gasteiger partial charge in [-0.2, -0.15) is 0 Å². The highest BCUT2D eigenvalue weighted by Crippen LogP contribution is 2.34. The fraction of sp³-hybridized carbons (Fsp3) is 1.00. The molecule has 12 heavy (non-hydrogen) atoms. The summed E-state index contributed by atoms with van der Waals surface area (Å²) in [5.41, 5.74) is 0.0868. The van der Waals surface area contributed by atoms with Gasteiger partial charge in [-0.3, -0.25) is 4.90 Å². The van der Waals surface area contributed by atoms with Crippen LogP contribution in [0.15, 0.2) is 0 Å². The molecule has 0 amide bonds. The summed E-state index contributed by atoms with van der Waals surface area (Å²) in [4.78, 5) is 1.90. The van der Waals surface area contributed by atoms with E-state index >= 15 is 0 Å². The second-order valence-electron chi connectivity index (χ2n) is 3.76. The molecular weight excluding hydrogens is 150 g/mol. The smallest absolute Gasteiger partial charge is 0.112 e. The number of nitrogens with zero attached hydrogens (tertiary/aromatic N) is 1. The van der Waals surface area contributed by atoms with E-state index < -0.39 is 0 Å². The lowest BCUT2D eigenvalue weighted by Crippen LogP contribution is -2.43. The lowest BCUT2D eigenvalue weighted by atomic mass is 9.77. The molecule has 0 aliphatic carbocycles. The van der Waals surface area contributed by atoms with Crippen molar-refractivity contribution in [3.63, 3.8) is 0 Å². The summed E-state index contributed by atoms with van der Waals surface area (Å²) in [6, 6.07) is 0. The molecule has 74 valence electrons. The second-order valence-corrected chi connectivity index (χ2v) is 3.76. The van der Waals surface area contributed by atoms with Crippen LogP contribution < -0.4 is 0 Å². The van der Waals surface area contributed by atoms with Gasteiger partial charge in [0.2, 0.25) is 0 Å². The van der Waals surface area contributed by atoms with E-state index in [1.807, 2.05) is 19.0 Å². The van der Waals surface area contributed by atoms with Crippen LogP contribution >= 0.6 is 0 Å². The quantitative estimate of drug-likeness (QED) is 0.643. The van der Waals surface area contributed by atoms with Crippen molar-refractivity contribution in [2.75, 3.05) is 14.1 Å². The first-order valence-corrected chi connectivity index (χ1v) is 4.88. The molecular formula is C10H23NO. The Balaban J connectivity index is 4.46. The van der Waals surface area contributed by atoms with Gasteiger partial charge in [-0.15, -0.1) is 0 Å². The minimum atomic E-state index is -0.308. The van der Waals surface area contributed by atoms with E-state index in [9.17, 15) is 5.11 Å². The van der Waals surface area contributed by atoms with Crippen LogP contribution in [-0.2, 0) is 0 Å².